The minimum Gasteiger partial charge on any atom is -0.279 e. The summed E-state index contributed by atoms with van der Waals surface area (Å²) in [7, 11) is -4.45. The van der Waals surface area contributed by atoms with Gasteiger partial charge in [-0.25, -0.2) is 26.0 Å². The fraction of sp³-hybridized carbons (Fsp3) is 0. The van der Waals surface area contributed by atoms with Gasteiger partial charge < -0.3 is 0 Å². The van der Waals surface area contributed by atoms with E-state index in [0.29, 0.717) is 18.2 Å². The maximum Gasteiger partial charge on any atom is 0.265 e. The highest BCUT2D eigenvalue weighted by Gasteiger charge is 2.24. The van der Waals surface area contributed by atoms with Gasteiger partial charge in [0.2, 0.25) is 0 Å². The second kappa shape index (κ2) is 5.64. The van der Waals surface area contributed by atoms with Crippen LogP contribution in [0.4, 0.5) is 23.2 Å². The van der Waals surface area contributed by atoms with Crippen molar-refractivity contribution in [3.8, 4) is 0 Å². The predicted octanol–water partition coefficient (Wildman–Crippen LogP) is 3.81. The van der Waals surface area contributed by atoms with Gasteiger partial charge in [0.15, 0.2) is 11.6 Å². The first-order valence-corrected chi connectivity index (χ1v) is 7.61. The van der Waals surface area contributed by atoms with E-state index < -0.39 is 38.2 Å². The number of anilines is 1. The summed E-state index contributed by atoms with van der Waals surface area (Å²) in [6, 6.07) is 3.43. The Morgan fingerprint density at radius 2 is 1.57 bits per heavy atom. The standard InChI is InChI=1S/C12H6BrF4NO2S/c13-8-3-6(14)4-11(17)12(8)21(19,20)18-7-1-2-9(15)10(16)5-7/h1-5,18H. The summed E-state index contributed by atoms with van der Waals surface area (Å²) in [4.78, 5) is -0.839. The highest BCUT2D eigenvalue weighted by Crippen LogP contribution is 2.28. The molecule has 2 aromatic rings. The van der Waals surface area contributed by atoms with E-state index in [1.54, 1.807) is 0 Å². The number of rotatable bonds is 3. The smallest absolute Gasteiger partial charge is 0.265 e. The number of hydrogen-bond acceptors (Lipinski definition) is 2. The van der Waals surface area contributed by atoms with E-state index in [1.165, 1.54) is 0 Å². The lowest BCUT2D eigenvalue weighted by Crippen LogP contribution is -2.15. The number of nitrogens with one attached hydrogen (secondary N) is 1. The van der Waals surface area contributed by atoms with Gasteiger partial charge in [0.25, 0.3) is 10.0 Å². The van der Waals surface area contributed by atoms with Gasteiger partial charge in [-0.1, -0.05) is 0 Å². The molecule has 2 rings (SSSR count). The van der Waals surface area contributed by atoms with Gasteiger partial charge in [-0.2, -0.15) is 0 Å². The zero-order valence-corrected chi connectivity index (χ0v) is 12.4. The lowest BCUT2D eigenvalue weighted by atomic mass is 10.3. The maximum atomic E-state index is 13.6. The molecule has 2 aromatic carbocycles. The third-order valence-corrected chi connectivity index (χ3v) is 4.75. The van der Waals surface area contributed by atoms with Crippen molar-refractivity contribution in [2.75, 3.05) is 4.72 Å². The Kier molecular flexibility index (Phi) is 4.24. The summed E-state index contributed by atoms with van der Waals surface area (Å²) >= 11 is 2.74. The number of hydrogen-bond donors (Lipinski definition) is 1. The van der Waals surface area contributed by atoms with Crippen LogP contribution >= 0.6 is 15.9 Å². The van der Waals surface area contributed by atoms with E-state index in [1.807, 2.05) is 4.72 Å². The number of benzene rings is 2. The maximum absolute atomic E-state index is 13.6. The number of halogens is 5. The topological polar surface area (TPSA) is 46.2 Å². The van der Waals surface area contributed by atoms with Gasteiger partial charge in [-0.3, -0.25) is 4.72 Å². The van der Waals surface area contributed by atoms with Crippen molar-refractivity contribution < 1.29 is 26.0 Å². The summed E-state index contributed by atoms with van der Waals surface area (Å²) in [6.07, 6.45) is 0. The fourth-order valence-electron chi connectivity index (χ4n) is 1.55. The van der Waals surface area contributed by atoms with E-state index in [2.05, 4.69) is 15.9 Å². The molecule has 112 valence electrons. The van der Waals surface area contributed by atoms with Crippen molar-refractivity contribution in [2.45, 2.75) is 4.90 Å². The lowest BCUT2D eigenvalue weighted by Gasteiger charge is -2.11. The van der Waals surface area contributed by atoms with Crippen molar-refractivity contribution in [1.82, 2.24) is 0 Å². The summed E-state index contributed by atoms with van der Waals surface area (Å²) in [6.45, 7) is 0. The van der Waals surface area contributed by atoms with Crippen LogP contribution in [-0.4, -0.2) is 8.42 Å². The molecule has 0 atom stereocenters. The van der Waals surface area contributed by atoms with Crippen LogP contribution in [0, 0.1) is 23.3 Å². The van der Waals surface area contributed by atoms with Gasteiger partial charge in [0.1, 0.15) is 16.5 Å². The summed E-state index contributed by atoms with van der Waals surface area (Å²) in [5.74, 6) is -4.72. The molecule has 1 N–H and O–H groups in total. The first kappa shape index (κ1) is 15.8. The van der Waals surface area contributed by atoms with Gasteiger partial charge in [-0.15, -0.1) is 0 Å². The Labute approximate surface area is 125 Å². The van der Waals surface area contributed by atoms with Crippen molar-refractivity contribution in [3.63, 3.8) is 0 Å². The first-order chi connectivity index (χ1) is 9.70. The molecule has 0 aromatic heterocycles. The Hall–Kier alpha value is -1.61. The van der Waals surface area contributed by atoms with Crippen LogP contribution in [0.5, 0.6) is 0 Å². The molecule has 0 bridgehead atoms. The average molecular weight is 384 g/mol. The second-order valence-corrected chi connectivity index (χ2v) is 6.41. The molecule has 0 amide bonds. The molecule has 0 spiro atoms. The molecule has 0 heterocycles. The molecular formula is C12H6BrF4NO2S. The van der Waals surface area contributed by atoms with Crippen LogP contribution in [0.3, 0.4) is 0 Å². The average Bonchev–Trinajstić information content (AvgIpc) is 2.31. The van der Waals surface area contributed by atoms with Crippen LogP contribution in [0.2, 0.25) is 0 Å². The normalized spacial score (nSPS) is 11.5. The third-order valence-electron chi connectivity index (χ3n) is 2.40. The Morgan fingerprint density at radius 1 is 0.905 bits per heavy atom. The summed E-state index contributed by atoms with van der Waals surface area (Å²) < 4.78 is 78.0. The molecule has 0 saturated heterocycles. The molecule has 0 aliphatic rings. The summed E-state index contributed by atoms with van der Waals surface area (Å²) in [5.41, 5.74) is -0.301. The second-order valence-electron chi connectivity index (χ2n) is 3.93. The van der Waals surface area contributed by atoms with E-state index in [-0.39, 0.29) is 10.2 Å². The fourth-order valence-corrected chi connectivity index (χ4v) is 3.77. The van der Waals surface area contributed by atoms with Crippen molar-refractivity contribution in [3.05, 3.63) is 58.1 Å². The lowest BCUT2D eigenvalue weighted by molar-refractivity contribution is 0.509. The van der Waals surface area contributed by atoms with E-state index in [0.717, 1.165) is 12.1 Å². The highest BCUT2D eigenvalue weighted by molar-refractivity contribution is 9.10. The van der Waals surface area contributed by atoms with Gasteiger partial charge in [0, 0.05) is 16.6 Å². The van der Waals surface area contributed by atoms with Crippen LogP contribution < -0.4 is 4.72 Å². The van der Waals surface area contributed by atoms with Crippen LogP contribution in [0.15, 0.2) is 39.7 Å². The van der Waals surface area contributed by atoms with Gasteiger partial charge >= 0.3 is 0 Å². The van der Waals surface area contributed by atoms with E-state index in [4.69, 9.17) is 0 Å². The number of sulfonamides is 1. The van der Waals surface area contributed by atoms with Gasteiger partial charge in [0.05, 0.1) is 5.69 Å². The molecule has 0 unspecified atom stereocenters. The largest absolute Gasteiger partial charge is 0.279 e. The molecule has 0 aliphatic heterocycles. The Balaban J connectivity index is 2.46. The molecule has 0 aliphatic carbocycles. The molecule has 0 saturated carbocycles. The van der Waals surface area contributed by atoms with Crippen molar-refractivity contribution in [1.29, 1.82) is 0 Å². The molecule has 21 heavy (non-hydrogen) atoms. The van der Waals surface area contributed by atoms with Crippen LogP contribution in [0.25, 0.3) is 0 Å². The van der Waals surface area contributed by atoms with E-state index >= 15 is 0 Å². The SMILES string of the molecule is O=S(=O)(Nc1ccc(F)c(F)c1)c1c(F)cc(F)cc1Br. The minimum atomic E-state index is -4.45. The highest BCUT2D eigenvalue weighted by atomic mass is 79.9. The molecular weight excluding hydrogens is 378 g/mol. The third kappa shape index (κ3) is 3.35. The van der Waals surface area contributed by atoms with Crippen molar-refractivity contribution in [2.24, 2.45) is 0 Å². The van der Waals surface area contributed by atoms with Crippen LogP contribution in [-0.2, 0) is 10.0 Å². The van der Waals surface area contributed by atoms with Crippen molar-refractivity contribution >= 4 is 31.6 Å². The summed E-state index contributed by atoms with van der Waals surface area (Å²) in [5, 5.41) is 0. The minimum absolute atomic E-state index is 0.301. The zero-order valence-electron chi connectivity index (χ0n) is 10.0. The predicted molar refractivity (Wildman–Crippen MR) is 71.2 cm³/mol. The van der Waals surface area contributed by atoms with Gasteiger partial charge in [-0.05, 0) is 34.1 Å². The van der Waals surface area contributed by atoms with Crippen LogP contribution in [0.1, 0.15) is 0 Å². The van der Waals surface area contributed by atoms with E-state index in [9.17, 15) is 26.0 Å². The Bertz CT molecular complexity index is 788. The molecule has 0 fully saturated rings. The Morgan fingerprint density at radius 3 is 2.14 bits per heavy atom. The monoisotopic (exact) mass is 383 g/mol. The zero-order chi connectivity index (χ0) is 15.8. The molecule has 9 heteroatoms. The quantitative estimate of drug-likeness (QED) is 0.819. The molecule has 3 nitrogen and oxygen atoms in total. The first-order valence-electron chi connectivity index (χ1n) is 5.33. The molecule has 0 radical (unpaired) electrons.